The monoisotopic (exact) mass is 473 g/mol. The van der Waals surface area contributed by atoms with Gasteiger partial charge in [-0.1, -0.05) is 109 Å². The minimum atomic E-state index is -0.558. The minimum Gasteiger partial charge on any atom is -0.341 e. The molecule has 35 heavy (non-hydrogen) atoms. The van der Waals surface area contributed by atoms with Crippen LogP contribution in [0.2, 0.25) is 5.02 Å². The molecule has 4 heteroatoms. The number of imidazole rings is 1. The summed E-state index contributed by atoms with van der Waals surface area (Å²) in [7, 11) is 0. The van der Waals surface area contributed by atoms with E-state index in [0.29, 0.717) is 6.54 Å². The maximum absolute atomic E-state index is 6.41. The van der Waals surface area contributed by atoms with Crippen LogP contribution in [-0.4, -0.2) is 14.1 Å². The van der Waals surface area contributed by atoms with Crippen LogP contribution in [-0.2, 0) is 12.1 Å². The first-order chi connectivity index (χ1) is 17.3. The van der Waals surface area contributed by atoms with Crippen molar-refractivity contribution in [2.75, 3.05) is 0 Å². The van der Waals surface area contributed by atoms with E-state index in [1.165, 1.54) is 16.7 Å². The lowest BCUT2D eigenvalue weighted by molar-refractivity contribution is 0.514. The van der Waals surface area contributed by atoms with E-state index in [1.807, 2.05) is 18.5 Å². The van der Waals surface area contributed by atoms with Gasteiger partial charge in [0.1, 0.15) is 5.54 Å². The molecular formula is C31H24ClN3. The van der Waals surface area contributed by atoms with Crippen molar-refractivity contribution in [1.29, 1.82) is 0 Å². The van der Waals surface area contributed by atoms with E-state index >= 15 is 0 Å². The molecule has 3 nitrogen and oxygen atoms in total. The van der Waals surface area contributed by atoms with Crippen molar-refractivity contribution in [3.63, 3.8) is 0 Å². The second-order valence-corrected chi connectivity index (χ2v) is 9.10. The van der Waals surface area contributed by atoms with Crippen LogP contribution in [0.4, 0.5) is 0 Å². The summed E-state index contributed by atoms with van der Waals surface area (Å²) in [6.07, 6.45) is 6.21. The molecule has 0 N–H and O–H groups in total. The van der Waals surface area contributed by atoms with Crippen LogP contribution in [0, 0.1) is 0 Å². The van der Waals surface area contributed by atoms with Gasteiger partial charge in [0, 0.05) is 28.3 Å². The standard InChI is InChI=1S/C31H24ClN3/c32-29-17-10-18-30-28(29)19-20-34(30)21-27-22-35(23-33-27)31(24-11-4-1-5-12-24,25-13-6-2-7-14-25)26-15-8-3-9-16-26/h1-20,22-23H,21H2. The highest BCUT2D eigenvalue weighted by atomic mass is 35.5. The molecule has 0 atom stereocenters. The molecule has 0 fully saturated rings. The maximum Gasteiger partial charge on any atom is 0.121 e. The van der Waals surface area contributed by atoms with Crippen LogP contribution >= 0.6 is 11.6 Å². The molecule has 2 aromatic heterocycles. The van der Waals surface area contributed by atoms with Crippen molar-refractivity contribution in [3.05, 3.63) is 161 Å². The molecule has 0 bridgehead atoms. The third-order valence-corrected chi connectivity index (χ3v) is 7.02. The SMILES string of the molecule is Clc1cccc2c1ccn2Cc1cn(C(c2ccccc2)(c2ccccc2)c2ccccc2)cn1. The zero-order chi connectivity index (χ0) is 23.7. The van der Waals surface area contributed by atoms with Gasteiger partial charge >= 0.3 is 0 Å². The lowest BCUT2D eigenvalue weighted by atomic mass is 9.77. The quantitative estimate of drug-likeness (QED) is 0.231. The molecule has 6 aromatic rings. The van der Waals surface area contributed by atoms with Crippen molar-refractivity contribution < 1.29 is 0 Å². The molecule has 0 spiro atoms. The first kappa shape index (κ1) is 21.5. The maximum atomic E-state index is 6.41. The Labute approximate surface area is 209 Å². The van der Waals surface area contributed by atoms with Crippen molar-refractivity contribution >= 4 is 22.5 Å². The Bertz CT molecular complexity index is 1470. The number of aromatic nitrogens is 3. The summed E-state index contributed by atoms with van der Waals surface area (Å²) in [6, 6.07) is 40.0. The van der Waals surface area contributed by atoms with Gasteiger partial charge in [0.15, 0.2) is 0 Å². The molecule has 6 rings (SSSR count). The third kappa shape index (κ3) is 3.65. The van der Waals surface area contributed by atoms with E-state index in [9.17, 15) is 0 Å². The fraction of sp³-hybridized carbons (Fsp3) is 0.0645. The summed E-state index contributed by atoms with van der Waals surface area (Å²) >= 11 is 6.41. The highest BCUT2D eigenvalue weighted by molar-refractivity contribution is 6.35. The van der Waals surface area contributed by atoms with Gasteiger partial charge in [0.05, 0.1) is 18.6 Å². The van der Waals surface area contributed by atoms with Gasteiger partial charge in [-0.15, -0.1) is 0 Å². The van der Waals surface area contributed by atoms with E-state index < -0.39 is 5.54 Å². The molecule has 2 heterocycles. The normalized spacial score (nSPS) is 11.7. The zero-order valence-corrected chi connectivity index (χ0v) is 19.9. The highest BCUT2D eigenvalue weighted by Gasteiger charge is 2.38. The molecule has 0 saturated heterocycles. The van der Waals surface area contributed by atoms with Crippen LogP contribution in [0.15, 0.2) is 134 Å². The van der Waals surface area contributed by atoms with Gasteiger partial charge in [-0.25, -0.2) is 4.98 Å². The number of nitrogens with zero attached hydrogens (tertiary/aromatic N) is 3. The van der Waals surface area contributed by atoms with E-state index in [0.717, 1.165) is 21.6 Å². The minimum absolute atomic E-state index is 0.558. The topological polar surface area (TPSA) is 22.8 Å². The van der Waals surface area contributed by atoms with Gasteiger partial charge in [-0.2, -0.15) is 0 Å². The van der Waals surface area contributed by atoms with Crippen molar-refractivity contribution in [1.82, 2.24) is 14.1 Å². The van der Waals surface area contributed by atoms with Gasteiger partial charge in [0.25, 0.3) is 0 Å². The molecular weight excluding hydrogens is 450 g/mol. The van der Waals surface area contributed by atoms with Crippen LogP contribution < -0.4 is 0 Å². The molecule has 4 aromatic carbocycles. The Morgan fingerprint density at radius 3 is 1.80 bits per heavy atom. The smallest absolute Gasteiger partial charge is 0.121 e. The summed E-state index contributed by atoms with van der Waals surface area (Å²) in [5.41, 5.74) is 5.07. The fourth-order valence-electron chi connectivity index (χ4n) is 5.11. The number of fused-ring (bicyclic) bond motifs is 1. The Kier molecular flexibility index (Phi) is 5.48. The average molecular weight is 474 g/mol. The van der Waals surface area contributed by atoms with Crippen LogP contribution in [0.3, 0.4) is 0 Å². The Balaban J connectivity index is 1.53. The first-order valence-corrected chi connectivity index (χ1v) is 12.1. The first-order valence-electron chi connectivity index (χ1n) is 11.7. The van der Waals surface area contributed by atoms with Crippen LogP contribution in [0.1, 0.15) is 22.4 Å². The summed E-state index contributed by atoms with van der Waals surface area (Å²) in [5.74, 6) is 0. The van der Waals surface area contributed by atoms with Crippen molar-refractivity contribution in [2.45, 2.75) is 12.1 Å². The molecule has 0 aliphatic rings. The number of hydrogen-bond acceptors (Lipinski definition) is 1. The van der Waals surface area contributed by atoms with Crippen molar-refractivity contribution in [2.24, 2.45) is 0 Å². The number of rotatable bonds is 6. The molecule has 0 amide bonds. The largest absolute Gasteiger partial charge is 0.341 e. The van der Waals surface area contributed by atoms with E-state index in [4.69, 9.17) is 16.6 Å². The summed E-state index contributed by atoms with van der Waals surface area (Å²) < 4.78 is 4.45. The van der Waals surface area contributed by atoms with Crippen molar-refractivity contribution in [3.8, 4) is 0 Å². The van der Waals surface area contributed by atoms with Gasteiger partial charge in [-0.05, 0) is 34.9 Å². The number of benzene rings is 4. The Hall–Kier alpha value is -4.08. The van der Waals surface area contributed by atoms with Crippen LogP contribution in [0.5, 0.6) is 0 Å². The summed E-state index contributed by atoms with van der Waals surface area (Å²) in [4.78, 5) is 4.87. The van der Waals surface area contributed by atoms with Gasteiger partial charge in [0.2, 0.25) is 0 Å². The Morgan fingerprint density at radius 2 is 1.23 bits per heavy atom. The number of halogens is 1. The van der Waals surface area contributed by atoms with Gasteiger partial charge in [-0.3, -0.25) is 0 Å². The number of hydrogen-bond donors (Lipinski definition) is 0. The molecule has 0 aliphatic heterocycles. The molecule has 0 radical (unpaired) electrons. The second kappa shape index (κ2) is 8.94. The molecule has 0 saturated carbocycles. The van der Waals surface area contributed by atoms with Crippen LogP contribution in [0.25, 0.3) is 10.9 Å². The highest BCUT2D eigenvalue weighted by Crippen LogP contribution is 2.40. The van der Waals surface area contributed by atoms with E-state index in [-0.39, 0.29) is 0 Å². The Morgan fingerprint density at radius 1 is 0.657 bits per heavy atom. The second-order valence-electron chi connectivity index (χ2n) is 8.70. The predicted molar refractivity (Wildman–Crippen MR) is 143 cm³/mol. The molecule has 0 unspecified atom stereocenters. The average Bonchev–Trinajstić information content (AvgIpc) is 3.55. The van der Waals surface area contributed by atoms with E-state index in [2.05, 4.69) is 125 Å². The third-order valence-electron chi connectivity index (χ3n) is 6.69. The van der Waals surface area contributed by atoms with Gasteiger partial charge < -0.3 is 9.13 Å². The lowest BCUT2D eigenvalue weighted by Crippen LogP contribution is -2.36. The van der Waals surface area contributed by atoms with E-state index in [1.54, 1.807) is 0 Å². The zero-order valence-electron chi connectivity index (χ0n) is 19.1. The summed E-state index contributed by atoms with van der Waals surface area (Å²) in [5, 5.41) is 1.82. The molecule has 170 valence electrons. The predicted octanol–water partition coefficient (Wildman–Crippen LogP) is 7.38. The fourth-order valence-corrected chi connectivity index (χ4v) is 5.34. The molecule has 0 aliphatic carbocycles. The lowest BCUT2D eigenvalue weighted by Gasteiger charge is -2.37. The summed E-state index contributed by atoms with van der Waals surface area (Å²) in [6.45, 7) is 0.658.